The minimum Gasteiger partial charge on any atom is -1.00 e. The van der Waals surface area contributed by atoms with E-state index in [1.807, 2.05) is 89.8 Å². The molecule has 19 heteroatoms. The summed E-state index contributed by atoms with van der Waals surface area (Å²) in [5.41, 5.74) is 9.43. The number of carbonyl (C=O) groups excluding carboxylic acids is 2. The van der Waals surface area contributed by atoms with Crippen LogP contribution in [0.1, 0.15) is 6.42 Å². The highest BCUT2D eigenvalue weighted by Gasteiger charge is 2.22. The molecule has 0 aliphatic rings. The first-order valence-electron chi connectivity index (χ1n) is 24.0. The Morgan fingerprint density at radius 3 is 1.77 bits per heavy atom. The number of ether oxygens (including phenoxy) is 2. The summed E-state index contributed by atoms with van der Waals surface area (Å²) in [4.78, 5) is 49.7. The highest BCUT2D eigenvalue weighted by molar-refractivity contribution is 6.02. The first-order chi connectivity index (χ1) is 35.1. The molecule has 8 rings (SSSR count). The summed E-state index contributed by atoms with van der Waals surface area (Å²) in [5, 5.41) is 18.5. The second kappa shape index (κ2) is 23.6. The van der Waals surface area contributed by atoms with Crippen LogP contribution >= 0.6 is 0 Å². The number of likely N-dealkylation sites (N-methyl/N-ethyl adjacent to an activating group) is 3. The van der Waals surface area contributed by atoms with Crippen LogP contribution in [-0.4, -0.2) is 132 Å². The summed E-state index contributed by atoms with van der Waals surface area (Å²) in [6.07, 6.45) is 9.03. The molecule has 0 saturated carbocycles. The van der Waals surface area contributed by atoms with Crippen molar-refractivity contribution in [1.82, 2.24) is 34.0 Å². The fourth-order valence-electron chi connectivity index (χ4n) is 8.69. The van der Waals surface area contributed by atoms with Gasteiger partial charge in [0.05, 0.1) is 99.9 Å². The molecule has 0 bridgehead atoms. The van der Waals surface area contributed by atoms with Crippen LogP contribution in [-0.2, 0) is 23.7 Å². The molecule has 0 saturated heterocycles. The summed E-state index contributed by atoms with van der Waals surface area (Å²) >= 11 is 0. The number of amides is 2. The maximum Gasteiger partial charge on any atom is 0.247 e. The molecule has 4 heterocycles. The van der Waals surface area contributed by atoms with Crippen LogP contribution in [0.3, 0.4) is 0 Å². The van der Waals surface area contributed by atoms with Gasteiger partial charge < -0.3 is 71.9 Å². The molecule has 0 radical (unpaired) electrons. The minimum atomic E-state index is -0.373. The molecule has 2 amide bonds. The van der Waals surface area contributed by atoms with Gasteiger partial charge in [-0.3, -0.25) is 9.59 Å². The predicted octanol–water partition coefficient (Wildman–Crippen LogP) is 5.73. The first kappa shape index (κ1) is 53.6. The number of rotatable bonds is 22. The lowest BCUT2D eigenvalue weighted by Gasteiger charge is -2.30. The lowest BCUT2D eigenvalue weighted by molar-refractivity contribution is -0.888. The topological polar surface area (TPSA) is 181 Å². The number of hydrogen-bond donors (Lipinski definition) is 5. The van der Waals surface area contributed by atoms with E-state index in [-0.39, 0.29) is 30.6 Å². The minimum absolute atomic E-state index is 0. The lowest BCUT2D eigenvalue weighted by atomic mass is 10.1. The zero-order valence-corrected chi connectivity index (χ0v) is 44.2. The molecule has 0 fully saturated rings. The van der Waals surface area contributed by atoms with Gasteiger partial charge in [-0.1, -0.05) is 43.0 Å². The lowest BCUT2D eigenvalue weighted by Crippen LogP contribution is -3.00. The summed E-state index contributed by atoms with van der Waals surface area (Å²) in [6.45, 7) is 6.86. The van der Waals surface area contributed by atoms with E-state index in [1.165, 1.54) is 6.08 Å². The fraction of sp³-hybridized carbons (Fsp3) is 0.273. The number of para-hydroxylation sites is 2. The quantitative estimate of drug-likeness (QED) is 0.0411. The third-order valence-corrected chi connectivity index (χ3v) is 12.8. The van der Waals surface area contributed by atoms with Gasteiger partial charge in [-0.05, 0) is 56.6 Å². The molecular weight excluding hydrogens is 956 g/mol. The van der Waals surface area contributed by atoms with Crippen molar-refractivity contribution in [3.63, 3.8) is 0 Å². The van der Waals surface area contributed by atoms with Crippen molar-refractivity contribution in [1.29, 1.82) is 0 Å². The van der Waals surface area contributed by atoms with E-state index in [9.17, 15) is 9.59 Å². The fourth-order valence-corrected chi connectivity index (χ4v) is 8.69. The van der Waals surface area contributed by atoms with E-state index in [0.29, 0.717) is 82.5 Å². The number of benzene rings is 4. The van der Waals surface area contributed by atoms with E-state index in [4.69, 9.17) is 19.4 Å². The van der Waals surface area contributed by atoms with Gasteiger partial charge in [0.25, 0.3) is 0 Å². The Morgan fingerprint density at radius 2 is 1.23 bits per heavy atom. The van der Waals surface area contributed by atoms with Gasteiger partial charge in [-0.2, -0.15) is 0 Å². The predicted molar refractivity (Wildman–Crippen MR) is 295 cm³/mol. The second-order valence-electron chi connectivity index (χ2n) is 18.8. The molecule has 386 valence electrons. The number of carbonyl (C=O) groups is 2. The van der Waals surface area contributed by atoms with Crippen molar-refractivity contribution >= 4 is 79.6 Å². The third kappa shape index (κ3) is 12.5. The maximum absolute atomic E-state index is 14.0. The monoisotopic (exact) mass is 1020 g/mol. The normalized spacial score (nSPS) is 11.3. The molecule has 0 unspecified atom stereocenters. The Labute approximate surface area is 438 Å². The number of quaternary nitrogens is 1. The highest BCUT2D eigenvalue weighted by Crippen LogP contribution is 2.40. The molecule has 4 aromatic heterocycles. The van der Waals surface area contributed by atoms with Gasteiger partial charge in [0, 0.05) is 104 Å². The van der Waals surface area contributed by atoms with Crippen LogP contribution in [0.4, 0.5) is 46.0 Å². The van der Waals surface area contributed by atoms with Crippen LogP contribution in [0.25, 0.3) is 44.3 Å². The van der Waals surface area contributed by atoms with Crippen molar-refractivity contribution < 1.29 is 36.0 Å². The number of nitrogens with zero attached hydrogens (tertiary/aromatic N) is 9. The third-order valence-electron chi connectivity index (χ3n) is 12.8. The molecule has 74 heavy (non-hydrogen) atoms. The molecule has 18 nitrogen and oxygen atoms in total. The van der Waals surface area contributed by atoms with Crippen LogP contribution in [0.2, 0.25) is 0 Å². The van der Waals surface area contributed by atoms with Crippen LogP contribution in [0.15, 0.2) is 122 Å². The zero-order chi connectivity index (χ0) is 51.8. The van der Waals surface area contributed by atoms with E-state index >= 15 is 0 Å². The van der Waals surface area contributed by atoms with E-state index in [2.05, 4.69) is 113 Å². The first-order valence-corrected chi connectivity index (χ1v) is 24.0. The van der Waals surface area contributed by atoms with Crippen molar-refractivity contribution in [3.05, 3.63) is 122 Å². The average molecular weight is 1020 g/mol. The van der Waals surface area contributed by atoms with E-state index in [1.54, 1.807) is 32.7 Å². The molecule has 5 N–H and O–H groups in total. The maximum atomic E-state index is 14.0. The van der Waals surface area contributed by atoms with Gasteiger partial charge in [0.15, 0.2) is 0 Å². The van der Waals surface area contributed by atoms with Crippen LogP contribution < -0.4 is 53.4 Å². The Hall–Kier alpha value is -8.19. The Balaban J connectivity index is 0.00000800. The second-order valence-corrected chi connectivity index (χ2v) is 18.8. The number of halogens is 1. The number of nitrogens with one attached hydrogen (secondary N) is 5. The molecule has 0 aliphatic carbocycles. The van der Waals surface area contributed by atoms with E-state index in [0.717, 1.165) is 56.6 Å². The number of anilines is 8. The van der Waals surface area contributed by atoms with Crippen LogP contribution in [0.5, 0.6) is 11.5 Å². The van der Waals surface area contributed by atoms with Crippen molar-refractivity contribution in [3.8, 4) is 34.0 Å². The average Bonchev–Trinajstić information content (AvgIpc) is 3.91. The Morgan fingerprint density at radius 1 is 0.689 bits per heavy atom. The van der Waals surface area contributed by atoms with Crippen molar-refractivity contribution in [2.45, 2.75) is 6.42 Å². The van der Waals surface area contributed by atoms with E-state index < -0.39 is 0 Å². The van der Waals surface area contributed by atoms with Crippen molar-refractivity contribution in [2.75, 3.05) is 114 Å². The summed E-state index contributed by atoms with van der Waals surface area (Å²) in [6, 6.07) is 27.6. The highest BCUT2D eigenvalue weighted by atomic mass is 35.5. The van der Waals surface area contributed by atoms with Gasteiger partial charge in [-0.15, -0.1) is 0 Å². The molecule has 8 aromatic rings. The summed E-state index contributed by atoms with van der Waals surface area (Å²) in [7, 11) is 17.5. The van der Waals surface area contributed by atoms with Gasteiger partial charge in [0.2, 0.25) is 23.7 Å². The Bertz CT molecular complexity index is 3300. The van der Waals surface area contributed by atoms with Gasteiger partial charge in [0.1, 0.15) is 11.5 Å². The zero-order valence-electron chi connectivity index (χ0n) is 43.5. The number of aromatic nitrogens is 6. The smallest absolute Gasteiger partial charge is 0.247 e. The number of hydrogen-bond acceptors (Lipinski definition) is 13. The SMILES string of the molecule is C=CC(=O)Nc1cc(Nc2nccc(-c3cn(C)c4ccccc34)n2)c(OC)cc1NCC[N+](C)(C)CCC(=O)Nc1cc(Nc2nccc(-c3cn(C)c4ccccc34)n2)c(OC)cc1N(C)CCN(C)C.[Cl-]. The van der Waals surface area contributed by atoms with Crippen molar-refractivity contribution in [2.24, 2.45) is 14.1 Å². The van der Waals surface area contributed by atoms with Gasteiger partial charge >= 0.3 is 0 Å². The van der Waals surface area contributed by atoms with Gasteiger partial charge in [-0.25, -0.2) is 19.9 Å². The standard InChI is InChI=1S/C55H64N14O4.ClH/c1-11-52(70)59-43-30-45(63-54-57-23-20-40(61-54)38-34-67(5)47-18-14-12-16-36(38)47)50(72-9)32-42(43)56-25-29-69(7,8)28-22-53(71)60-44-31-46(51(73-10)33-49(44)66(4)27-26-65(2)3)64-55-58-24-21-41(62-55)39-35-68(6)48-19-15-13-17-37(39)48;/h11-21,23-24,30-35,56H,1,22,25-29H2,2-10H3,(H3-,57,58,59,60,61,62,63,64,70,71);1H. The summed E-state index contributed by atoms with van der Waals surface area (Å²) < 4.78 is 16.4. The molecule has 0 aliphatic heterocycles. The molecular formula is C55H65ClN14O4. The largest absolute Gasteiger partial charge is 1.00 e. The molecule has 0 atom stereocenters. The number of fused-ring (bicyclic) bond motifs is 2. The number of aryl methyl sites for hydroxylation is 2. The summed E-state index contributed by atoms with van der Waals surface area (Å²) in [5.74, 6) is 1.31. The molecule has 4 aromatic carbocycles. The number of methoxy groups -OCH3 is 2. The molecule has 0 spiro atoms. The van der Waals surface area contributed by atoms with Crippen LogP contribution in [0, 0.1) is 0 Å². The Kier molecular flexibility index (Phi) is 17.1.